The van der Waals surface area contributed by atoms with Gasteiger partial charge in [0.1, 0.15) is 11.8 Å². The van der Waals surface area contributed by atoms with E-state index in [0.29, 0.717) is 18.4 Å². The third-order valence-electron chi connectivity index (χ3n) is 4.82. The zero-order valence-corrected chi connectivity index (χ0v) is 17.5. The van der Waals surface area contributed by atoms with E-state index < -0.39 is 0 Å². The third-order valence-corrected chi connectivity index (χ3v) is 4.82. The molecule has 1 N–H and O–H groups in total. The molecular formula is C24H27N3O2. The molecule has 0 fully saturated rings. The van der Waals surface area contributed by atoms with Gasteiger partial charge >= 0.3 is 0 Å². The van der Waals surface area contributed by atoms with Crippen LogP contribution in [-0.4, -0.2) is 16.6 Å². The number of nitrogens with one attached hydrogen (secondary N) is 1. The van der Waals surface area contributed by atoms with Gasteiger partial charge in [-0.05, 0) is 38.5 Å². The minimum absolute atomic E-state index is 0.0212. The van der Waals surface area contributed by atoms with Gasteiger partial charge in [0.05, 0.1) is 23.1 Å². The molecule has 1 amide bonds. The normalized spacial score (nSPS) is 12.8. The molecule has 0 bridgehead atoms. The minimum atomic E-state index is -0.0212. The van der Waals surface area contributed by atoms with Crippen LogP contribution in [0.2, 0.25) is 0 Å². The molecule has 150 valence electrons. The number of nitrogens with zero attached hydrogens (tertiary/aromatic N) is 2. The second-order valence-electron chi connectivity index (χ2n) is 7.24. The van der Waals surface area contributed by atoms with Crippen LogP contribution in [0.5, 0.6) is 0 Å². The Balaban J connectivity index is 2.10. The molecule has 0 radical (unpaired) electrons. The van der Waals surface area contributed by atoms with Gasteiger partial charge in [-0.3, -0.25) is 4.79 Å². The number of hydrogen-bond acceptors (Lipinski definition) is 3. The molecular weight excluding hydrogens is 362 g/mol. The van der Waals surface area contributed by atoms with Crippen LogP contribution in [0.1, 0.15) is 57.4 Å². The van der Waals surface area contributed by atoms with Crippen molar-refractivity contribution in [2.75, 3.05) is 5.32 Å². The average molecular weight is 389 g/mol. The number of hydrogen-bond donors (Lipinski definition) is 1. The molecule has 1 aliphatic rings. The minimum Gasteiger partial charge on any atom is -0.495 e. The highest BCUT2D eigenvalue weighted by atomic mass is 16.5. The summed E-state index contributed by atoms with van der Waals surface area (Å²) in [4.78, 5) is 11.6. The summed E-state index contributed by atoms with van der Waals surface area (Å²) in [6, 6.07) is 10.1. The fourth-order valence-corrected chi connectivity index (χ4v) is 3.57. The van der Waals surface area contributed by atoms with Crippen LogP contribution < -0.4 is 5.32 Å². The Bertz CT molecular complexity index is 1000. The molecule has 0 aliphatic heterocycles. The Hall–Kier alpha value is -3.26. The number of anilines is 1. The predicted molar refractivity (Wildman–Crippen MR) is 117 cm³/mol. The first-order chi connectivity index (χ1) is 14.0. The fourth-order valence-electron chi connectivity index (χ4n) is 3.57. The highest BCUT2D eigenvalue weighted by Crippen LogP contribution is 2.36. The number of amides is 1. The summed E-state index contributed by atoms with van der Waals surface area (Å²) in [6.45, 7) is 8.65. The number of ether oxygens (including phenoxy) is 1. The maximum absolute atomic E-state index is 11.6. The standard InChI is InChI=1S/C24H27N3O2/c1-5-23(28)26-18-12-10-17(11-13-18)24-21(15-25)20-9-7-8-19(29-16(3)4)14-22(20)27(24)6-2/h7,9-14,16H,5-6,8H2,1-4H3,(H,26,28). The largest absolute Gasteiger partial charge is 0.495 e. The van der Waals surface area contributed by atoms with Crippen LogP contribution in [0.15, 0.2) is 36.1 Å². The highest BCUT2D eigenvalue weighted by Gasteiger charge is 2.22. The summed E-state index contributed by atoms with van der Waals surface area (Å²) in [5.74, 6) is 0.878. The van der Waals surface area contributed by atoms with E-state index in [1.807, 2.05) is 57.2 Å². The van der Waals surface area contributed by atoms with Crippen LogP contribution >= 0.6 is 0 Å². The molecule has 0 unspecified atom stereocenters. The number of allylic oxidation sites excluding steroid dienone is 1. The van der Waals surface area contributed by atoms with Gasteiger partial charge in [-0.2, -0.15) is 5.26 Å². The van der Waals surface area contributed by atoms with Gasteiger partial charge in [0.2, 0.25) is 5.91 Å². The molecule has 3 rings (SSSR count). The van der Waals surface area contributed by atoms with Crippen molar-refractivity contribution >= 4 is 23.7 Å². The van der Waals surface area contributed by atoms with Crippen LogP contribution in [-0.2, 0) is 16.1 Å². The zero-order valence-electron chi connectivity index (χ0n) is 17.5. The van der Waals surface area contributed by atoms with E-state index in [-0.39, 0.29) is 12.0 Å². The van der Waals surface area contributed by atoms with Gasteiger partial charge < -0.3 is 14.6 Å². The summed E-state index contributed by atoms with van der Waals surface area (Å²) >= 11 is 0. The summed E-state index contributed by atoms with van der Waals surface area (Å²) in [5.41, 5.74) is 5.16. The first-order valence-corrected chi connectivity index (χ1v) is 10.1. The second kappa shape index (κ2) is 8.83. The summed E-state index contributed by atoms with van der Waals surface area (Å²) in [5, 5.41) is 12.8. The molecule has 0 spiro atoms. The van der Waals surface area contributed by atoms with Gasteiger partial charge in [0.15, 0.2) is 0 Å². The first-order valence-electron chi connectivity index (χ1n) is 10.1. The molecule has 1 aliphatic carbocycles. The molecule has 5 heteroatoms. The Morgan fingerprint density at radius 2 is 2.00 bits per heavy atom. The number of carbonyl (C=O) groups excluding carboxylic acids is 1. The zero-order chi connectivity index (χ0) is 21.0. The van der Waals surface area contributed by atoms with Crippen molar-refractivity contribution in [3.63, 3.8) is 0 Å². The number of benzene rings is 1. The van der Waals surface area contributed by atoms with Crippen molar-refractivity contribution < 1.29 is 9.53 Å². The van der Waals surface area contributed by atoms with Crippen molar-refractivity contribution in [3.8, 4) is 17.3 Å². The van der Waals surface area contributed by atoms with Crippen molar-refractivity contribution in [1.29, 1.82) is 5.26 Å². The second-order valence-corrected chi connectivity index (χ2v) is 7.24. The van der Waals surface area contributed by atoms with Gasteiger partial charge in [-0.25, -0.2) is 0 Å². The predicted octanol–water partition coefficient (Wildman–Crippen LogP) is 5.58. The van der Waals surface area contributed by atoms with Gasteiger partial charge in [0.25, 0.3) is 0 Å². The monoisotopic (exact) mass is 389 g/mol. The summed E-state index contributed by atoms with van der Waals surface area (Å²) in [6.07, 6.45) is 7.37. The quantitative estimate of drug-likeness (QED) is 0.701. The topological polar surface area (TPSA) is 67.0 Å². The van der Waals surface area contributed by atoms with Crippen LogP contribution in [0.4, 0.5) is 5.69 Å². The van der Waals surface area contributed by atoms with Crippen LogP contribution in [0, 0.1) is 11.3 Å². The number of nitriles is 1. The van der Waals surface area contributed by atoms with E-state index in [9.17, 15) is 10.1 Å². The first kappa shape index (κ1) is 20.5. The number of rotatable bonds is 6. The lowest BCUT2D eigenvalue weighted by Crippen LogP contribution is -2.09. The van der Waals surface area contributed by atoms with Crippen molar-refractivity contribution in [3.05, 3.63) is 52.9 Å². The Labute approximate surface area is 172 Å². The molecule has 1 heterocycles. The lowest BCUT2D eigenvalue weighted by Gasteiger charge is -2.14. The van der Waals surface area contributed by atoms with Crippen LogP contribution in [0.3, 0.4) is 0 Å². The molecule has 1 aromatic carbocycles. The average Bonchev–Trinajstić information content (AvgIpc) is 2.85. The molecule has 5 nitrogen and oxygen atoms in total. The molecule has 0 atom stereocenters. The molecule has 0 saturated heterocycles. The SMILES string of the molecule is CCC(=O)Nc1ccc(-c2c(C#N)c3c(n2CC)C=C(OC(C)C)CC=C3)cc1. The van der Waals surface area contributed by atoms with E-state index in [0.717, 1.165) is 40.5 Å². The summed E-state index contributed by atoms with van der Waals surface area (Å²) in [7, 11) is 0. The number of fused-ring (bicyclic) bond motifs is 1. The maximum atomic E-state index is 11.6. The lowest BCUT2D eigenvalue weighted by molar-refractivity contribution is -0.115. The highest BCUT2D eigenvalue weighted by molar-refractivity contribution is 5.91. The van der Waals surface area contributed by atoms with Crippen molar-refractivity contribution in [2.24, 2.45) is 0 Å². The Morgan fingerprint density at radius 3 is 2.59 bits per heavy atom. The molecule has 1 aromatic heterocycles. The van der Waals surface area contributed by atoms with Gasteiger partial charge in [0, 0.05) is 36.7 Å². The number of aromatic nitrogens is 1. The maximum Gasteiger partial charge on any atom is 0.224 e. The number of carbonyl (C=O) groups is 1. The Kier molecular flexibility index (Phi) is 6.23. The smallest absolute Gasteiger partial charge is 0.224 e. The molecule has 29 heavy (non-hydrogen) atoms. The van der Waals surface area contributed by atoms with E-state index in [2.05, 4.69) is 29.0 Å². The third kappa shape index (κ3) is 4.27. The Morgan fingerprint density at radius 1 is 1.28 bits per heavy atom. The lowest BCUT2D eigenvalue weighted by atomic mass is 10.0. The van der Waals surface area contributed by atoms with Crippen molar-refractivity contribution in [1.82, 2.24) is 4.57 Å². The molecule has 2 aromatic rings. The van der Waals surface area contributed by atoms with Crippen LogP contribution in [0.25, 0.3) is 23.4 Å². The summed E-state index contributed by atoms with van der Waals surface area (Å²) < 4.78 is 8.11. The van der Waals surface area contributed by atoms with Crippen molar-refractivity contribution in [2.45, 2.75) is 53.2 Å². The van der Waals surface area contributed by atoms with Gasteiger partial charge in [-0.15, -0.1) is 0 Å². The van der Waals surface area contributed by atoms with E-state index in [1.54, 1.807) is 0 Å². The van der Waals surface area contributed by atoms with E-state index in [4.69, 9.17) is 4.74 Å². The van der Waals surface area contributed by atoms with Gasteiger partial charge in [-0.1, -0.05) is 31.2 Å². The van der Waals surface area contributed by atoms with E-state index >= 15 is 0 Å². The molecule has 0 saturated carbocycles. The fraction of sp³-hybridized carbons (Fsp3) is 0.333. The van der Waals surface area contributed by atoms with E-state index in [1.165, 1.54) is 0 Å².